The standard InChI is InChI=1S/C15H14ClFN2O/c1-9-7-11(16)8-10(2)14(9)19-15(20)18-13-6-4-3-5-12(13)17/h3-8H,1-2H3,(H2,18,19,20). The molecule has 2 amide bonds. The van der Waals surface area contributed by atoms with E-state index in [2.05, 4.69) is 10.6 Å². The average molecular weight is 293 g/mol. The van der Waals surface area contributed by atoms with E-state index in [1.165, 1.54) is 12.1 Å². The van der Waals surface area contributed by atoms with E-state index in [1.54, 1.807) is 24.3 Å². The number of halogens is 2. The molecule has 0 radical (unpaired) electrons. The molecule has 0 atom stereocenters. The summed E-state index contributed by atoms with van der Waals surface area (Å²) in [6.07, 6.45) is 0. The van der Waals surface area contributed by atoms with Crippen LogP contribution in [0.15, 0.2) is 36.4 Å². The highest BCUT2D eigenvalue weighted by Crippen LogP contribution is 2.25. The number of para-hydroxylation sites is 1. The number of benzene rings is 2. The SMILES string of the molecule is Cc1cc(Cl)cc(C)c1NC(=O)Nc1ccccc1F. The first-order valence-electron chi connectivity index (χ1n) is 6.06. The van der Waals surface area contributed by atoms with E-state index < -0.39 is 11.8 Å². The maximum Gasteiger partial charge on any atom is 0.323 e. The van der Waals surface area contributed by atoms with Crippen LogP contribution in [0.4, 0.5) is 20.6 Å². The van der Waals surface area contributed by atoms with Crippen molar-refractivity contribution in [2.75, 3.05) is 10.6 Å². The largest absolute Gasteiger partial charge is 0.323 e. The van der Waals surface area contributed by atoms with Crippen LogP contribution < -0.4 is 10.6 Å². The fourth-order valence-corrected chi connectivity index (χ4v) is 2.26. The van der Waals surface area contributed by atoms with Crippen LogP contribution in [0.5, 0.6) is 0 Å². The minimum atomic E-state index is -0.497. The number of urea groups is 1. The minimum Gasteiger partial charge on any atom is -0.307 e. The number of anilines is 2. The maximum absolute atomic E-state index is 13.4. The molecule has 0 bridgehead atoms. The van der Waals surface area contributed by atoms with Crippen LogP contribution in [0, 0.1) is 19.7 Å². The molecule has 0 spiro atoms. The number of carbonyl (C=O) groups is 1. The third-order valence-corrected chi connectivity index (χ3v) is 3.08. The van der Waals surface area contributed by atoms with E-state index >= 15 is 0 Å². The Kier molecular flexibility index (Phi) is 4.25. The van der Waals surface area contributed by atoms with E-state index in [1.807, 2.05) is 13.8 Å². The van der Waals surface area contributed by atoms with Crippen molar-refractivity contribution >= 4 is 29.0 Å². The van der Waals surface area contributed by atoms with Crippen LogP contribution in [0.25, 0.3) is 0 Å². The summed E-state index contributed by atoms with van der Waals surface area (Å²) in [6, 6.07) is 9.01. The highest BCUT2D eigenvalue weighted by Gasteiger charge is 2.10. The molecule has 0 aromatic heterocycles. The van der Waals surface area contributed by atoms with Crippen LogP contribution in [0.2, 0.25) is 5.02 Å². The van der Waals surface area contributed by atoms with E-state index in [-0.39, 0.29) is 5.69 Å². The van der Waals surface area contributed by atoms with Gasteiger partial charge in [0.05, 0.1) is 5.69 Å². The van der Waals surface area contributed by atoms with Gasteiger partial charge < -0.3 is 10.6 Å². The molecule has 0 saturated carbocycles. The summed E-state index contributed by atoms with van der Waals surface area (Å²) >= 11 is 5.93. The lowest BCUT2D eigenvalue weighted by Gasteiger charge is -2.13. The van der Waals surface area contributed by atoms with Crippen molar-refractivity contribution in [2.24, 2.45) is 0 Å². The summed E-state index contributed by atoms with van der Waals surface area (Å²) < 4.78 is 13.4. The second-order valence-corrected chi connectivity index (χ2v) is 4.91. The van der Waals surface area contributed by atoms with Gasteiger partial charge in [0.15, 0.2) is 0 Å². The molecular weight excluding hydrogens is 279 g/mol. The molecular formula is C15H14ClFN2O. The molecule has 0 saturated heterocycles. The van der Waals surface area contributed by atoms with Crippen LogP contribution in [0.1, 0.15) is 11.1 Å². The first-order chi connectivity index (χ1) is 9.47. The molecule has 20 heavy (non-hydrogen) atoms. The van der Waals surface area contributed by atoms with Crippen molar-refractivity contribution in [3.8, 4) is 0 Å². The van der Waals surface area contributed by atoms with Crippen molar-refractivity contribution in [1.29, 1.82) is 0 Å². The number of hydrogen-bond donors (Lipinski definition) is 2. The van der Waals surface area contributed by atoms with E-state index in [0.29, 0.717) is 10.7 Å². The van der Waals surface area contributed by atoms with Gasteiger partial charge in [0.2, 0.25) is 0 Å². The Morgan fingerprint density at radius 1 is 1.10 bits per heavy atom. The number of aryl methyl sites for hydroxylation is 2. The monoisotopic (exact) mass is 292 g/mol. The molecule has 2 aromatic carbocycles. The Morgan fingerprint density at radius 3 is 2.30 bits per heavy atom. The zero-order valence-corrected chi connectivity index (χ0v) is 11.9. The number of hydrogen-bond acceptors (Lipinski definition) is 1. The highest BCUT2D eigenvalue weighted by molar-refractivity contribution is 6.30. The summed E-state index contributed by atoms with van der Waals surface area (Å²) in [4.78, 5) is 11.9. The Morgan fingerprint density at radius 2 is 1.70 bits per heavy atom. The molecule has 2 rings (SSSR count). The number of rotatable bonds is 2. The van der Waals surface area contributed by atoms with E-state index in [4.69, 9.17) is 11.6 Å². The second kappa shape index (κ2) is 5.92. The smallest absolute Gasteiger partial charge is 0.307 e. The predicted octanol–water partition coefficient (Wildman–Crippen LogP) is 4.74. The number of amides is 2. The van der Waals surface area contributed by atoms with Crippen molar-refractivity contribution in [3.05, 3.63) is 58.4 Å². The van der Waals surface area contributed by atoms with Gasteiger partial charge in [0, 0.05) is 10.7 Å². The lowest BCUT2D eigenvalue weighted by Crippen LogP contribution is -2.21. The fraction of sp³-hybridized carbons (Fsp3) is 0.133. The van der Waals surface area contributed by atoms with Crippen LogP contribution >= 0.6 is 11.6 Å². The van der Waals surface area contributed by atoms with Crippen molar-refractivity contribution in [2.45, 2.75) is 13.8 Å². The second-order valence-electron chi connectivity index (χ2n) is 4.47. The molecule has 0 heterocycles. The summed E-state index contributed by atoms with van der Waals surface area (Å²) in [6.45, 7) is 3.69. The number of nitrogens with one attached hydrogen (secondary N) is 2. The Labute approximate surface area is 121 Å². The zero-order chi connectivity index (χ0) is 14.7. The van der Waals surface area contributed by atoms with Crippen molar-refractivity contribution < 1.29 is 9.18 Å². The summed E-state index contributed by atoms with van der Waals surface area (Å²) in [5, 5.41) is 5.79. The van der Waals surface area contributed by atoms with Crippen LogP contribution in [-0.4, -0.2) is 6.03 Å². The molecule has 5 heteroatoms. The third-order valence-electron chi connectivity index (χ3n) is 2.86. The summed E-state index contributed by atoms with van der Waals surface area (Å²) in [7, 11) is 0. The Hall–Kier alpha value is -2.07. The van der Waals surface area contributed by atoms with E-state index in [0.717, 1.165) is 11.1 Å². The van der Waals surface area contributed by atoms with Crippen LogP contribution in [0.3, 0.4) is 0 Å². The van der Waals surface area contributed by atoms with Gasteiger partial charge in [-0.05, 0) is 49.2 Å². The predicted molar refractivity (Wildman–Crippen MR) is 80.0 cm³/mol. The van der Waals surface area contributed by atoms with Gasteiger partial charge in [0.1, 0.15) is 5.82 Å². The molecule has 104 valence electrons. The van der Waals surface area contributed by atoms with E-state index in [9.17, 15) is 9.18 Å². The van der Waals surface area contributed by atoms with Gasteiger partial charge >= 0.3 is 6.03 Å². The van der Waals surface area contributed by atoms with Gasteiger partial charge in [-0.1, -0.05) is 23.7 Å². The zero-order valence-electron chi connectivity index (χ0n) is 11.1. The van der Waals surface area contributed by atoms with Gasteiger partial charge in [-0.2, -0.15) is 0 Å². The van der Waals surface area contributed by atoms with Crippen molar-refractivity contribution in [3.63, 3.8) is 0 Å². The van der Waals surface area contributed by atoms with Crippen molar-refractivity contribution in [1.82, 2.24) is 0 Å². The van der Waals surface area contributed by atoms with Gasteiger partial charge in [0.25, 0.3) is 0 Å². The summed E-state index contributed by atoms with van der Waals surface area (Å²) in [5.74, 6) is -0.479. The Bertz CT molecular complexity index is 635. The minimum absolute atomic E-state index is 0.134. The molecule has 0 aliphatic carbocycles. The molecule has 2 N–H and O–H groups in total. The normalized spacial score (nSPS) is 10.2. The fourth-order valence-electron chi connectivity index (χ4n) is 1.94. The lowest BCUT2D eigenvalue weighted by atomic mass is 10.1. The molecule has 0 aliphatic heterocycles. The third kappa shape index (κ3) is 3.27. The molecule has 0 aliphatic rings. The van der Waals surface area contributed by atoms with Crippen LogP contribution in [-0.2, 0) is 0 Å². The lowest BCUT2D eigenvalue weighted by molar-refractivity contribution is 0.262. The van der Waals surface area contributed by atoms with Gasteiger partial charge in [-0.3, -0.25) is 0 Å². The molecule has 3 nitrogen and oxygen atoms in total. The first kappa shape index (κ1) is 14.3. The summed E-state index contributed by atoms with van der Waals surface area (Å²) in [5.41, 5.74) is 2.50. The van der Waals surface area contributed by atoms with Gasteiger partial charge in [-0.25, -0.2) is 9.18 Å². The Balaban J connectivity index is 2.15. The quantitative estimate of drug-likeness (QED) is 0.824. The molecule has 0 unspecified atom stereocenters. The maximum atomic E-state index is 13.4. The topological polar surface area (TPSA) is 41.1 Å². The first-order valence-corrected chi connectivity index (χ1v) is 6.44. The highest BCUT2D eigenvalue weighted by atomic mass is 35.5. The molecule has 0 fully saturated rings. The van der Waals surface area contributed by atoms with Gasteiger partial charge in [-0.15, -0.1) is 0 Å². The molecule has 2 aromatic rings. The number of carbonyl (C=O) groups excluding carboxylic acids is 1. The average Bonchev–Trinajstić information content (AvgIpc) is 2.36.